The summed E-state index contributed by atoms with van der Waals surface area (Å²) in [7, 11) is 0. The average molecular weight is 277 g/mol. The molecule has 1 aliphatic carbocycles. The molecule has 0 amide bonds. The van der Waals surface area contributed by atoms with Crippen LogP contribution in [0.25, 0.3) is 0 Å². The van der Waals surface area contributed by atoms with Crippen molar-refractivity contribution in [1.29, 1.82) is 0 Å². The highest BCUT2D eigenvalue weighted by molar-refractivity contribution is 5.35. The molecule has 0 spiro atoms. The maximum atomic E-state index is 10.1. The van der Waals surface area contributed by atoms with Gasteiger partial charge in [0, 0.05) is 12.1 Å². The molecule has 3 nitrogen and oxygen atoms in total. The Labute approximate surface area is 122 Å². The summed E-state index contributed by atoms with van der Waals surface area (Å²) in [5.74, 6) is 0.873. The van der Waals surface area contributed by atoms with Gasteiger partial charge < -0.3 is 15.2 Å². The second-order valence-electron chi connectivity index (χ2n) is 6.10. The van der Waals surface area contributed by atoms with Gasteiger partial charge in [0.15, 0.2) is 0 Å². The van der Waals surface area contributed by atoms with Crippen LogP contribution in [0.2, 0.25) is 0 Å². The number of ether oxygens (including phenoxy) is 1. The standard InChI is InChI=1S/C17H27NO2/c1-4-17(8-5-9-17)18-11-15(19)12-20-16-10-13(2)6-7-14(16)3/h6-7,10,15,18-19H,4-5,8-9,11-12H2,1-3H3. The Bertz CT molecular complexity index is 435. The number of aliphatic hydroxyl groups is 1. The lowest BCUT2D eigenvalue weighted by molar-refractivity contribution is 0.0809. The molecular formula is C17H27NO2. The van der Waals surface area contributed by atoms with E-state index in [0.29, 0.717) is 13.2 Å². The van der Waals surface area contributed by atoms with Gasteiger partial charge in [-0.3, -0.25) is 0 Å². The molecule has 0 bridgehead atoms. The molecule has 0 aromatic heterocycles. The minimum atomic E-state index is -0.459. The highest BCUT2D eigenvalue weighted by Gasteiger charge is 2.34. The molecule has 3 heteroatoms. The third-order valence-corrected chi connectivity index (χ3v) is 4.47. The molecule has 1 aliphatic rings. The first-order valence-corrected chi connectivity index (χ1v) is 7.68. The number of aliphatic hydroxyl groups excluding tert-OH is 1. The molecule has 1 atom stereocenters. The molecule has 1 aromatic rings. The Hall–Kier alpha value is -1.06. The van der Waals surface area contributed by atoms with Crippen LogP contribution < -0.4 is 10.1 Å². The molecule has 0 heterocycles. The maximum absolute atomic E-state index is 10.1. The number of hydrogen-bond acceptors (Lipinski definition) is 3. The predicted molar refractivity (Wildman–Crippen MR) is 82.3 cm³/mol. The van der Waals surface area contributed by atoms with Crippen LogP contribution >= 0.6 is 0 Å². The Kier molecular flexibility index (Phi) is 5.06. The summed E-state index contributed by atoms with van der Waals surface area (Å²) in [5.41, 5.74) is 2.57. The van der Waals surface area contributed by atoms with Crippen molar-refractivity contribution in [1.82, 2.24) is 5.32 Å². The summed E-state index contributed by atoms with van der Waals surface area (Å²) in [6.45, 7) is 7.24. The smallest absolute Gasteiger partial charge is 0.122 e. The van der Waals surface area contributed by atoms with Crippen LogP contribution in [0.1, 0.15) is 43.7 Å². The van der Waals surface area contributed by atoms with E-state index in [2.05, 4.69) is 24.4 Å². The van der Waals surface area contributed by atoms with Crippen molar-refractivity contribution in [3.05, 3.63) is 29.3 Å². The summed E-state index contributed by atoms with van der Waals surface area (Å²) in [5, 5.41) is 13.6. The van der Waals surface area contributed by atoms with Crippen LogP contribution in [-0.4, -0.2) is 29.9 Å². The van der Waals surface area contributed by atoms with E-state index < -0.39 is 6.10 Å². The fourth-order valence-electron chi connectivity index (χ4n) is 2.70. The Morgan fingerprint density at radius 1 is 1.35 bits per heavy atom. The van der Waals surface area contributed by atoms with Crippen molar-refractivity contribution in [2.24, 2.45) is 0 Å². The van der Waals surface area contributed by atoms with E-state index in [4.69, 9.17) is 4.74 Å². The van der Waals surface area contributed by atoms with Gasteiger partial charge in [-0.25, -0.2) is 0 Å². The fourth-order valence-corrected chi connectivity index (χ4v) is 2.70. The van der Waals surface area contributed by atoms with Gasteiger partial charge >= 0.3 is 0 Å². The quantitative estimate of drug-likeness (QED) is 0.805. The predicted octanol–water partition coefficient (Wildman–Crippen LogP) is 2.97. The molecule has 0 saturated heterocycles. The lowest BCUT2D eigenvalue weighted by Crippen LogP contribution is -2.53. The molecule has 1 saturated carbocycles. The zero-order valence-electron chi connectivity index (χ0n) is 12.9. The number of β-amino-alcohol motifs (C(OH)–C–C–N with tert-alkyl or cyclic N) is 1. The van der Waals surface area contributed by atoms with E-state index in [0.717, 1.165) is 17.7 Å². The highest BCUT2D eigenvalue weighted by atomic mass is 16.5. The molecule has 0 aliphatic heterocycles. The number of benzene rings is 1. The lowest BCUT2D eigenvalue weighted by Gasteiger charge is -2.42. The minimum Gasteiger partial charge on any atom is -0.491 e. The van der Waals surface area contributed by atoms with Gasteiger partial charge in [-0.05, 0) is 56.7 Å². The Morgan fingerprint density at radius 2 is 2.10 bits per heavy atom. The molecule has 112 valence electrons. The number of hydrogen-bond donors (Lipinski definition) is 2. The van der Waals surface area contributed by atoms with E-state index in [9.17, 15) is 5.11 Å². The molecule has 2 N–H and O–H groups in total. The maximum Gasteiger partial charge on any atom is 0.122 e. The zero-order chi connectivity index (χ0) is 14.6. The third kappa shape index (κ3) is 3.74. The van der Waals surface area contributed by atoms with Crippen molar-refractivity contribution in [3.63, 3.8) is 0 Å². The second-order valence-corrected chi connectivity index (χ2v) is 6.10. The molecule has 1 aromatic carbocycles. The lowest BCUT2D eigenvalue weighted by atomic mass is 9.75. The molecule has 0 radical (unpaired) electrons. The SMILES string of the molecule is CCC1(NCC(O)COc2cc(C)ccc2C)CCC1. The molecular weight excluding hydrogens is 250 g/mol. The van der Waals surface area contributed by atoms with E-state index in [1.165, 1.54) is 24.8 Å². The van der Waals surface area contributed by atoms with Crippen LogP contribution in [0.5, 0.6) is 5.75 Å². The highest BCUT2D eigenvalue weighted by Crippen LogP contribution is 2.34. The zero-order valence-corrected chi connectivity index (χ0v) is 12.9. The van der Waals surface area contributed by atoms with Gasteiger partial charge in [-0.15, -0.1) is 0 Å². The summed E-state index contributed by atoms with van der Waals surface area (Å²) >= 11 is 0. The van der Waals surface area contributed by atoms with Crippen LogP contribution in [0.3, 0.4) is 0 Å². The van der Waals surface area contributed by atoms with Gasteiger partial charge in [0.2, 0.25) is 0 Å². The second kappa shape index (κ2) is 6.59. The summed E-state index contributed by atoms with van der Waals surface area (Å²) in [6.07, 6.45) is 4.44. The minimum absolute atomic E-state index is 0.278. The van der Waals surface area contributed by atoms with Gasteiger partial charge in [-0.1, -0.05) is 19.1 Å². The van der Waals surface area contributed by atoms with Crippen LogP contribution in [-0.2, 0) is 0 Å². The van der Waals surface area contributed by atoms with E-state index in [1.807, 2.05) is 19.9 Å². The van der Waals surface area contributed by atoms with Gasteiger partial charge in [0.25, 0.3) is 0 Å². The van der Waals surface area contributed by atoms with Crippen molar-refractivity contribution >= 4 is 0 Å². The topological polar surface area (TPSA) is 41.5 Å². The average Bonchev–Trinajstić information content (AvgIpc) is 2.39. The van der Waals surface area contributed by atoms with Gasteiger partial charge in [0.1, 0.15) is 18.5 Å². The van der Waals surface area contributed by atoms with Crippen molar-refractivity contribution in [3.8, 4) is 5.75 Å². The van der Waals surface area contributed by atoms with Gasteiger partial charge in [0.05, 0.1) is 0 Å². The number of nitrogens with one attached hydrogen (secondary N) is 1. The summed E-state index contributed by atoms with van der Waals surface area (Å²) in [6, 6.07) is 6.15. The van der Waals surface area contributed by atoms with E-state index in [1.54, 1.807) is 0 Å². The van der Waals surface area contributed by atoms with Crippen LogP contribution in [0.15, 0.2) is 18.2 Å². The fraction of sp³-hybridized carbons (Fsp3) is 0.647. The third-order valence-electron chi connectivity index (χ3n) is 4.47. The van der Waals surface area contributed by atoms with E-state index in [-0.39, 0.29) is 5.54 Å². The molecule has 2 rings (SSSR count). The normalized spacial score (nSPS) is 18.4. The Morgan fingerprint density at radius 3 is 2.70 bits per heavy atom. The summed E-state index contributed by atoms with van der Waals surface area (Å²) in [4.78, 5) is 0. The Balaban J connectivity index is 1.77. The van der Waals surface area contributed by atoms with Crippen molar-refractivity contribution in [2.75, 3.05) is 13.2 Å². The van der Waals surface area contributed by atoms with Crippen LogP contribution in [0, 0.1) is 13.8 Å². The number of rotatable bonds is 7. The largest absolute Gasteiger partial charge is 0.491 e. The van der Waals surface area contributed by atoms with Gasteiger partial charge in [-0.2, -0.15) is 0 Å². The molecule has 1 fully saturated rings. The van der Waals surface area contributed by atoms with E-state index >= 15 is 0 Å². The first kappa shape index (κ1) is 15.3. The number of aryl methyl sites for hydroxylation is 2. The van der Waals surface area contributed by atoms with Crippen molar-refractivity contribution < 1.29 is 9.84 Å². The van der Waals surface area contributed by atoms with Crippen molar-refractivity contribution in [2.45, 2.75) is 58.1 Å². The first-order valence-electron chi connectivity index (χ1n) is 7.68. The van der Waals surface area contributed by atoms with Crippen LogP contribution in [0.4, 0.5) is 0 Å². The summed E-state index contributed by atoms with van der Waals surface area (Å²) < 4.78 is 5.74. The first-order chi connectivity index (χ1) is 9.54. The monoisotopic (exact) mass is 277 g/mol. The molecule has 20 heavy (non-hydrogen) atoms. The molecule has 1 unspecified atom stereocenters.